The van der Waals surface area contributed by atoms with Crippen LogP contribution in [0.2, 0.25) is 5.02 Å². The number of rotatable bonds is 7. The van der Waals surface area contributed by atoms with Crippen molar-refractivity contribution in [2.75, 3.05) is 20.1 Å². The third-order valence-electron chi connectivity index (χ3n) is 3.51. The van der Waals surface area contributed by atoms with Crippen LogP contribution in [0.15, 0.2) is 24.3 Å². The zero-order valence-electron chi connectivity index (χ0n) is 12.4. The number of nitrogens with one attached hydrogen (secondary N) is 1. The smallest absolute Gasteiger partial charge is 0.233 e. The molecule has 0 bridgehead atoms. The molecular weight excluding hydrogens is 274 g/mol. The summed E-state index contributed by atoms with van der Waals surface area (Å²) in [4.78, 5) is 13.8. The number of carbonyl (C=O) groups excluding carboxylic acids is 1. The summed E-state index contributed by atoms with van der Waals surface area (Å²) >= 11 is 5.94. The van der Waals surface area contributed by atoms with Crippen molar-refractivity contribution in [3.05, 3.63) is 34.9 Å². The summed E-state index contributed by atoms with van der Waals surface area (Å²) in [6, 6.07) is 7.67. The average Bonchev–Trinajstić information content (AvgIpc) is 2.47. The lowest BCUT2D eigenvalue weighted by atomic mass is 9.96. The van der Waals surface area contributed by atoms with Crippen molar-refractivity contribution in [3.63, 3.8) is 0 Å². The third kappa shape index (κ3) is 4.47. The van der Waals surface area contributed by atoms with E-state index >= 15 is 0 Å². The SMILES string of the molecule is CCC(N)C(c1ccc(Cl)cc1)N(CC)CC(=O)NC. The predicted molar refractivity (Wildman–Crippen MR) is 83.8 cm³/mol. The molecule has 1 aromatic carbocycles. The van der Waals surface area contributed by atoms with E-state index in [0.29, 0.717) is 11.6 Å². The van der Waals surface area contributed by atoms with Crippen LogP contribution in [0, 0.1) is 0 Å². The number of amides is 1. The minimum Gasteiger partial charge on any atom is -0.358 e. The summed E-state index contributed by atoms with van der Waals surface area (Å²) in [6.07, 6.45) is 0.845. The van der Waals surface area contributed by atoms with Gasteiger partial charge in [0.25, 0.3) is 0 Å². The lowest BCUT2D eigenvalue weighted by Crippen LogP contribution is -2.45. The standard InChI is InChI=1S/C15H24ClN3O/c1-4-13(17)15(11-6-8-12(16)9-7-11)19(5-2)10-14(20)18-3/h6-9,13,15H,4-5,10,17H2,1-3H3,(H,18,20). The molecule has 0 spiro atoms. The van der Waals surface area contributed by atoms with Gasteiger partial charge in [0, 0.05) is 18.1 Å². The highest BCUT2D eigenvalue weighted by atomic mass is 35.5. The maximum absolute atomic E-state index is 11.7. The van der Waals surface area contributed by atoms with Gasteiger partial charge in [-0.25, -0.2) is 0 Å². The number of likely N-dealkylation sites (N-methyl/N-ethyl adjacent to an activating group) is 2. The Morgan fingerprint density at radius 2 is 1.95 bits per heavy atom. The Morgan fingerprint density at radius 1 is 1.35 bits per heavy atom. The third-order valence-corrected chi connectivity index (χ3v) is 3.77. The zero-order chi connectivity index (χ0) is 15.1. The fourth-order valence-electron chi connectivity index (χ4n) is 2.28. The quantitative estimate of drug-likeness (QED) is 0.811. The second kappa shape index (κ2) is 8.25. The highest BCUT2D eigenvalue weighted by Gasteiger charge is 2.26. The Balaban J connectivity index is 3.03. The maximum atomic E-state index is 11.7. The number of hydrogen-bond acceptors (Lipinski definition) is 3. The number of carbonyl (C=O) groups is 1. The topological polar surface area (TPSA) is 58.4 Å². The second-order valence-electron chi connectivity index (χ2n) is 4.80. The Hall–Kier alpha value is -1.10. The van der Waals surface area contributed by atoms with E-state index in [9.17, 15) is 4.79 Å². The zero-order valence-corrected chi connectivity index (χ0v) is 13.2. The molecule has 1 rings (SSSR count). The van der Waals surface area contributed by atoms with Gasteiger partial charge < -0.3 is 11.1 Å². The van der Waals surface area contributed by atoms with Crippen LogP contribution in [-0.4, -0.2) is 37.0 Å². The summed E-state index contributed by atoms with van der Waals surface area (Å²) in [5.41, 5.74) is 7.37. The largest absolute Gasteiger partial charge is 0.358 e. The van der Waals surface area contributed by atoms with E-state index in [1.54, 1.807) is 7.05 Å². The van der Waals surface area contributed by atoms with Crippen molar-refractivity contribution < 1.29 is 4.79 Å². The van der Waals surface area contributed by atoms with Crippen LogP contribution in [0.1, 0.15) is 31.9 Å². The van der Waals surface area contributed by atoms with E-state index in [2.05, 4.69) is 17.1 Å². The molecule has 1 aromatic rings. The lowest BCUT2D eigenvalue weighted by molar-refractivity contribution is -0.122. The monoisotopic (exact) mass is 297 g/mol. The van der Waals surface area contributed by atoms with Gasteiger partial charge in [-0.1, -0.05) is 37.6 Å². The first-order chi connectivity index (χ1) is 9.53. The van der Waals surface area contributed by atoms with E-state index < -0.39 is 0 Å². The van der Waals surface area contributed by atoms with Gasteiger partial charge in [-0.15, -0.1) is 0 Å². The van der Waals surface area contributed by atoms with Gasteiger partial charge in [-0.2, -0.15) is 0 Å². The number of nitrogens with two attached hydrogens (primary N) is 1. The predicted octanol–water partition coefficient (Wildman–Crippen LogP) is 2.19. The molecule has 0 aromatic heterocycles. The molecule has 0 saturated heterocycles. The number of nitrogens with zero attached hydrogens (tertiary/aromatic N) is 1. The first-order valence-electron chi connectivity index (χ1n) is 6.99. The van der Waals surface area contributed by atoms with Crippen molar-refractivity contribution in [2.24, 2.45) is 5.73 Å². The van der Waals surface area contributed by atoms with Crippen LogP contribution in [0.3, 0.4) is 0 Å². The summed E-state index contributed by atoms with van der Waals surface area (Å²) in [5.74, 6) is -0.00545. The molecule has 5 heteroatoms. The Kier molecular flexibility index (Phi) is 6.99. The highest BCUT2D eigenvalue weighted by molar-refractivity contribution is 6.30. The molecule has 0 aliphatic carbocycles. The molecular formula is C15H24ClN3O. The molecule has 0 saturated carbocycles. The molecule has 0 aliphatic heterocycles. The summed E-state index contributed by atoms with van der Waals surface area (Å²) < 4.78 is 0. The summed E-state index contributed by atoms with van der Waals surface area (Å²) in [6.45, 7) is 5.19. The van der Waals surface area contributed by atoms with Gasteiger partial charge >= 0.3 is 0 Å². The summed E-state index contributed by atoms with van der Waals surface area (Å²) in [7, 11) is 1.65. The van der Waals surface area contributed by atoms with E-state index in [1.807, 2.05) is 31.2 Å². The molecule has 4 nitrogen and oxygen atoms in total. The fourth-order valence-corrected chi connectivity index (χ4v) is 2.41. The molecule has 0 aliphatic rings. The Bertz CT molecular complexity index is 422. The normalized spacial score (nSPS) is 14.1. The van der Waals surface area contributed by atoms with Gasteiger partial charge in [0.1, 0.15) is 0 Å². The Morgan fingerprint density at radius 3 is 2.40 bits per heavy atom. The number of halogens is 1. The van der Waals surface area contributed by atoms with E-state index in [-0.39, 0.29) is 18.0 Å². The molecule has 1 amide bonds. The molecule has 2 unspecified atom stereocenters. The fraction of sp³-hybridized carbons (Fsp3) is 0.533. The highest BCUT2D eigenvalue weighted by Crippen LogP contribution is 2.26. The van der Waals surface area contributed by atoms with E-state index in [0.717, 1.165) is 18.5 Å². The molecule has 0 fully saturated rings. The van der Waals surface area contributed by atoms with Crippen molar-refractivity contribution in [3.8, 4) is 0 Å². The van der Waals surface area contributed by atoms with E-state index in [1.165, 1.54) is 0 Å². The maximum Gasteiger partial charge on any atom is 0.233 e. The van der Waals surface area contributed by atoms with Crippen LogP contribution in [-0.2, 0) is 4.79 Å². The molecule has 2 atom stereocenters. The first kappa shape index (κ1) is 17.0. The van der Waals surface area contributed by atoms with Crippen molar-refractivity contribution >= 4 is 17.5 Å². The average molecular weight is 298 g/mol. The summed E-state index contributed by atoms with van der Waals surface area (Å²) in [5, 5.41) is 3.36. The van der Waals surface area contributed by atoms with Gasteiger partial charge in [-0.05, 0) is 30.7 Å². The minimum atomic E-state index is -0.0271. The molecule has 112 valence electrons. The molecule has 3 N–H and O–H groups in total. The number of hydrogen-bond donors (Lipinski definition) is 2. The van der Waals surface area contributed by atoms with Crippen LogP contribution in [0.5, 0.6) is 0 Å². The van der Waals surface area contributed by atoms with Crippen molar-refractivity contribution in [2.45, 2.75) is 32.4 Å². The molecule has 20 heavy (non-hydrogen) atoms. The van der Waals surface area contributed by atoms with E-state index in [4.69, 9.17) is 17.3 Å². The second-order valence-corrected chi connectivity index (χ2v) is 5.24. The lowest BCUT2D eigenvalue weighted by Gasteiger charge is -2.34. The van der Waals surface area contributed by atoms with Gasteiger partial charge in [-0.3, -0.25) is 9.69 Å². The van der Waals surface area contributed by atoms with Crippen LogP contribution >= 0.6 is 11.6 Å². The van der Waals surface area contributed by atoms with Gasteiger partial charge in [0.05, 0.1) is 12.6 Å². The number of benzene rings is 1. The van der Waals surface area contributed by atoms with Gasteiger partial charge in [0.15, 0.2) is 0 Å². The first-order valence-corrected chi connectivity index (χ1v) is 7.36. The van der Waals surface area contributed by atoms with Crippen LogP contribution < -0.4 is 11.1 Å². The Labute approximate surface area is 126 Å². The van der Waals surface area contributed by atoms with Crippen molar-refractivity contribution in [1.29, 1.82) is 0 Å². The van der Waals surface area contributed by atoms with Crippen molar-refractivity contribution in [1.82, 2.24) is 10.2 Å². The van der Waals surface area contributed by atoms with Crippen LogP contribution in [0.4, 0.5) is 0 Å². The molecule has 0 radical (unpaired) electrons. The van der Waals surface area contributed by atoms with Crippen LogP contribution in [0.25, 0.3) is 0 Å². The molecule has 0 heterocycles. The minimum absolute atomic E-state index is 0.00545. The van der Waals surface area contributed by atoms with Gasteiger partial charge in [0.2, 0.25) is 5.91 Å².